The van der Waals surface area contributed by atoms with Crippen molar-refractivity contribution < 1.29 is 0 Å². The number of hydrogen-bond donors (Lipinski definition) is 0. The van der Waals surface area contributed by atoms with Gasteiger partial charge >= 0.3 is 0 Å². The van der Waals surface area contributed by atoms with Crippen molar-refractivity contribution in [1.29, 1.82) is 0 Å². The summed E-state index contributed by atoms with van der Waals surface area (Å²) in [7, 11) is 0. The Morgan fingerprint density at radius 3 is 3.14 bits per heavy atom. The van der Waals surface area contributed by atoms with E-state index >= 15 is 0 Å². The predicted molar refractivity (Wildman–Crippen MR) is 55.9 cm³/mol. The molecular formula is C12H16N2. The van der Waals surface area contributed by atoms with Crippen LogP contribution in [0.3, 0.4) is 0 Å². The maximum atomic E-state index is 4.22. The third-order valence-corrected chi connectivity index (χ3v) is 3.68. The summed E-state index contributed by atoms with van der Waals surface area (Å²) in [6.45, 7) is 2.61. The minimum atomic E-state index is 0.655. The van der Waals surface area contributed by atoms with E-state index in [1.54, 1.807) is 0 Å². The Balaban J connectivity index is 1.85. The van der Waals surface area contributed by atoms with E-state index in [4.69, 9.17) is 0 Å². The highest BCUT2D eigenvalue weighted by Gasteiger charge is 2.33. The van der Waals surface area contributed by atoms with Crippen LogP contribution < -0.4 is 0 Å². The van der Waals surface area contributed by atoms with Gasteiger partial charge in [-0.2, -0.15) is 0 Å². The largest absolute Gasteiger partial charge is 0.296 e. The molecule has 1 aromatic rings. The van der Waals surface area contributed by atoms with Gasteiger partial charge < -0.3 is 0 Å². The molecule has 3 rings (SSSR count). The van der Waals surface area contributed by atoms with Crippen LogP contribution in [-0.2, 0) is 0 Å². The third-order valence-electron chi connectivity index (χ3n) is 3.68. The molecule has 3 atom stereocenters. The lowest BCUT2D eigenvalue weighted by atomic mass is 9.93. The van der Waals surface area contributed by atoms with Crippen LogP contribution in [0, 0.1) is 5.92 Å². The van der Waals surface area contributed by atoms with Gasteiger partial charge in [-0.3, -0.25) is 9.88 Å². The first kappa shape index (κ1) is 8.42. The van der Waals surface area contributed by atoms with E-state index in [9.17, 15) is 0 Å². The quantitative estimate of drug-likeness (QED) is 0.672. The van der Waals surface area contributed by atoms with E-state index < -0.39 is 0 Å². The van der Waals surface area contributed by atoms with Crippen molar-refractivity contribution in [2.24, 2.45) is 5.92 Å². The summed E-state index contributed by atoms with van der Waals surface area (Å²) in [4.78, 5) is 6.85. The number of aromatic nitrogens is 1. The van der Waals surface area contributed by atoms with Gasteiger partial charge in [0.2, 0.25) is 0 Å². The van der Waals surface area contributed by atoms with Crippen LogP contribution in [0.15, 0.2) is 24.5 Å². The lowest BCUT2D eigenvalue weighted by molar-refractivity contribution is 0.182. The van der Waals surface area contributed by atoms with Crippen LogP contribution >= 0.6 is 0 Å². The Bertz CT molecular complexity index is 309. The lowest BCUT2D eigenvalue weighted by Crippen LogP contribution is -2.30. The lowest BCUT2D eigenvalue weighted by Gasteiger charge is -2.32. The molecule has 0 spiro atoms. The van der Waals surface area contributed by atoms with Gasteiger partial charge in [-0.05, 0) is 43.4 Å². The summed E-state index contributed by atoms with van der Waals surface area (Å²) in [5, 5.41) is 0. The molecule has 74 valence electrons. The third kappa shape index (κ3) is 1.34. The Morgan fingerprint density at radius 1 is 1.29 bits per heavy atom. The Labute approximate surface area is 85.0 Å². The van der Waals surface area contributed by atoms with Crippen LogP contribution in [0.5, 0.6) is 0 Å². The maximum absolute atomic E-state index is 4.22. The van der Waals surface area contributed by atoms with Gasteiger partial charge in [-0.15, -0.1) is 0 Å². The molecule has 0 radical (unpaired) electrons. The fourth-order valence-corrected chi connectivity index (χ4v) is 2.91. The number of fused-ring (bicyclic) bond motifs is 2. The molecule has 0 amide bonds. The summed E-state index contributed by atoms with van der Waals surface area (Å²) in [6.07, 6.45) is 8.05. The maximum Gasteiger partial charge on any atom is 0.0363 e. The number of piperidine rings is 1. The monoisotopic (exact) mass is 188 g/mol. The average Bonchev–Trinajstić information content (AvgIpc) is 2.62. The predicted octanol–water partition coefficient (Wildman–Crippen LogP) is 2.24. The second kappa shape index (κ2) is 3.35. The summed E-state index contributed by atoms with van der Waals surface area (Å²) >= 11 is 0. The van der Waals surface area contributed by atoms with Gasteiger partial charge in [0.1, 0.15) is 0 Å². The molecular weight excluding hydrogens is 172 g/mol. The van der Waals surface area contributed by atoms with E-state index in [0.29, 0.717) is 6.04 Å². The normalized spacial score (nSPS) is 35.9. The molecule has 0 aromatic carbocycles. The summed E-state index contributed by atoms with van der Waals surface area (Å²) in [5.74, 6) is 0.989. The zero-order valence-electron chi connectivity index (χ0n) is 8.39. The van der Waals surface area contributed by atoms with Gasteiger partial charge in [0.15, 0.2) is 0 Å². The molecule has 2 saturated heterocycles. The highest BCUT2D eigenvalue weighted by molar-refractivity contribution is 5.15. The molecule has 2 heteroatoms. The smallest absolute Gasteiger partial charge is 0.0363 e. The first-order valence-electron chi connectivity index (χ1n) is 5.57. The van der Waals surface area contributed by atoms with Crippen molar-refractivity contribution in [2.75, 3.05) is 13.1 Å². The molecule has 2 fully saturated rings. The Hall–Kier alpha value is -0.890. The highest BCUT2D eigenvalue weighted by Crippen LogP contribution is 2.38. The van der Waals surface area contributed by atoms with Crippen LogP contribution in [0.1, 0.15) is 30.9 Å². The molecule has 1 aromatic heterocycles. The fraction of sp³-hybridized carbons (Fsp3) is 0.583. The molecule has 3 heterocycles. The van der Waals surface area contributed by atoms with E-state index in [2.05, 4.69) is 22.0 Å². The summed E-state index contributed by atoms with van der Waals surface area (Å²) in [5.41, 5.74) is 1.41. The first-order valence-corrected chi connectivity index (χ1v) is 5.57. The van der Waals surface area contributed by atoms with Crippen LogP contribution in [-0.4, -0.2) is 23.0 Å². The molecule has 0 N–H and O–H groups in total. The summed E-state index contributed by atoms with van der Waals surface area (Å²) < 4.78 is 0. The fourth-order valence-electron chi connectivity index (χ4n) is 2.91. The van der Waals surface area contributed by atoms with E-state index in [1.165, 1.54) is 37.9 Å². The molecule has 2 aliphatic rings. The van der Waals surface area contributed by atoms with Crippen molar-refractivity contribution in [3.8, 4) is 0 Å². The van der Waals surface area contributed by atoms with Crippen molar-refractivity contribution in [3.05, 3.63) is 30.1 Å². The van der Waals surface area contributed by atoms with Crippen LogP contribution in [0.4, 0.5) is 0 Å². The van der Waals surface area contributed by atoms with E-state index in [1.807, 2.05) is 12.4 Å². The Kier molecular flexibility index (Phi) is 2.02. The second-order valence-electron chi connectivity index (χ2n) is 4.53. The van der Waals surface area contributed by atoms with Gasteiger partial charge in [-0.25, -0.2) is 0 Å². The average molecular weight is 188 g/mol. The molecule has 14 heavy (non-hydrogen) atoms. The number of hydrogen-bond acceptors (Lipinski definition) is 2. The summed E-state index contributed by atoms with van der Waals surface area (Å²) in [6, 6.07) is 4.93. The minimum Gasteiger partial charge on any atom is -0.296 e. The van der Waals surface area contributed by atoms with Gasteiger partial charge in [0.05, 0.1) is 0 Å². The topological polar surface area (TPSA) is 16.1 Å². The van der Waals surface area contributed by atoms with Gasteiger partial charge in [0, 0.05) is 25.0 Å². The van der Waals surface area contributed by atoms with E-state index in [0.717, 1.165) is 5.92 Å². The van der Waals surface area contributed by atoms with E-state index in [-0.39, 0.29) is 0 Å². The molecule has 2 nitrogen and oxygen atoms in total. The number of nitrogens with zero attached hydrogens (tertiary/aromatic N) is 2. The SMILES string of the molecule is c1cncc(C2CCC3CCN2C3)c1. The molecule has 2 aliphatic heterocycles. The Morgan fingerprint density at radius 2 is 2.29 bits per heavy atom. The zero-order valence-corrected chi connectivity index (χ0v) is 8.39. The van der Waals surface area contributed by atoms with Crippen molar-refractivity contribution in [2.45, 2.75) is 25.3 Å². The first-order chi connectivity index (χ1) is 6.93. The zero-order chi connectivity index (χ0) is 9.38. The number of pyridine rings is 1. The number of rotatable bonds is 1. The van der Waals surface area contributed by atoms with Crippen LogP contribution in [0.2, 0.25) is 0 Å². The molecule has 0 saturated carbocycles. The highest BCUT2D eigenvalue weighted by atomic mass is 15.2. The van der Waals surface area contributed by atoms with Crippen molar-refractivity contribution in [1.82, 2.24) is 9.88 Å². The van der Waals surface area contributed by atoms with Crippen molar-refractivity contribution >= 4 is 0 Å². The van der Waals surface area contributed by atoms with Crippen LogP contribution in [0.25, 0.3) is 0 Å². The molecule has 2 bridgehead atoms. The standard InChI is InChI=1S/C12H16N2/c1-2-11(8-13-6-1)12-4-3-10-5-7-14(12)9-10/h1-2,6,8,10,12H,3-5,7,9H2. The van der Waals surface area contributed by atoms with Gasteiger partial charge in [0.25, 0.3) is 0 Å². The molecule has 0 aliphatic carbocycles. The van der Waals surface area contributed by atoms with Crippen molar-refractivity contribution in [3.63, 3.8) is 0 Å². The van der Waals surface area contributed by atoms with Gasteiger partial charge in [-0.1, -0.05) is 6.07 Å². The minimum absolute atomic E-state index is 0.655. The second-order valence-corrected chi connectivity index (χ2v) is 4.53. The molecule has 3 unspecified atom stereocenters.